The van der Waals surface area contributed by atoms with Crippen molar-refractivity contribution in [2.24, 2.45) is 18.9 Å². The second-order valence-electron chi connectivity index (χ2n) is 9.06. The van der Waals surface area contributed by atoms with E-state index in [1.807, 2.05) is 0 Å². The van der Waals surface area contributed by atoms with Crippen molar-refractivity contribution in [3.8, 4) is 11.3 Å². The van der Waals surface area contributed by atoms with Gasteiger partial charge in [-0.05, 0) is 65.3 Å². The van der Waals surface area contributed by atoms with Gasteiger partial charge in [0.05, 0.1) is 5.39 Å². The molecule has 0 aliphatic rings. The molecule has 3 rings (SSSR count). The molecular formula is C27H36N+. The summed E-state index contributed by atoms with van der Waals surface area (Å²) in [6.45, 7) is 16.0. The highest BCUT2D eigenvalue weighted by Gasteiger charge is 2.23. The minimum atomic E-state index is 0.590. The van der Waals surface area contributed by atoms with Crippen molar-refractivity contribution in [3.63, 3.8) is 0 Å². The third kappa shape index (κ3) is 3.72. The van der Waals surface area contributed by atoms with Gasteiger partial charge in [0.15, 0.2) is 5.69 Å². The minimum Gasteiger partial charge on any atom is -0.198 e. The Balaban J connectivity index is 2.29. The van der Waals surface area contributed by atoms with Crippen LogP contribution in [-0.2, 0) is 13.5 Å². The lowest BCUT2D eigenvalue weighted by Gasteiger charge is -2.25. The molecule has 148 valence electrons. The normalized spacial score (nSPS) is 12.0. The molecule has 0 aliphatic carbocycles. The van der Waals surface area contributed by atoms with Crippen molar-refractivity contribution in [2.75, 3.05) is 0 Å². The zero-order valence-corrected chi connectivity index (χ0v) is 18.9. The number of aryl methyl sites for hydroxylation is 3. The smallest absolute Gasteiger partial charge is 0.198 e. The molecule has 0 atom stereocenters. The van der Waals surface area contributed by atoms with Gasteiger partial charge in [-0.1, -0.05) is 58.9 Å². The van der Waals surface area contributed by atoms with Gasteiger partial charge in [-0.25, -0.2) is 0 Å². The molecule has 1 heterocycles. The van der Waals surface area contributed by atoms with Crippen LogP contribution in [0.15, 0.2) is 42.5 Å². The Bertz CT molecular complexity index is 987. The van der Waals surface area contributed by atoms with Crippen molar-refractivity contribution in [3.05, 3.63) is 64.8 Å². The molecule has 1 heteroatoms. The molecule has 0 unspecified atom stereocenters. The van der Waals surface area contributed by atoms with Crippen LogP contribution in [0, 0.1) is 25.7 Å². The van der Waals surface area contributed by atoms with Gasteiger partial charge in [-0.15, -0.1) is 0 Å². The molecule has 0 saturated heterocycles. The lowest BCUT2D eigenvalue weighted by atomic mass is 9.79. The standard InChI is InChI=1S/C27H36N/c1-9-21-11-10-19(6)25(15-21)27-24-13-12-22(26(17(2)3)18(4)5)16-23(24)14-20(7)28(27)8/h10-18,26H,9H2,1-8H3/q+1. The molecule has 1 nitrogen and oxygen atoms in total. The van der Waals surface area contributed by atoms with Gasteiger partial charge < -0.3 is 0 Å². The fourth-order valence-electron chi connectivity index (χ4n) is 4.81. The SMILES string of the molecule is CCc1ccc(C)c(-c2c3ccc(C(C(C)C)C(C)C)cc3cc(C)[n+]2C)c1. The molecule has 0 amide bonds. The van der Waals surface area contributed by atoms with Gasteiger partial charge in [-0.2, -0.15) is 4.57 Å². The quantitative estimate of drug-likeness (QED) is 0.427. The molecule has 3 aromatic rings. The van der Waals surface area contributed by atoms with Crippen LogP contribution < -0.4 is 4.57 Å². The highest BCUT2D eigenvalue weighted by molar-refractivity contribution is 5.94. The van der Waals surface area contributed by atoms with E-state index < -0.39 is 0 Å². The molecule has 0 bridgehead atoms. The molecule has 0 fully saturated rings. The zero-order valence-electron chi connectivity index (χ0n) is 18.9. The predicted molar refractivity (Wildman–Crippen MR) is 122 cm³/mol. The number of hydrogen-bond donors (Lipinski definition) is 0. The van der Waals surface area contributed by atoms with E-state index in [1.165, 1.54) is 44.4 Å². The summed E-state index contributed by atoms with van der Waals surface area (Å²) in [5.41, 5.74) is 8.19. The zero-order chi connectivity index (χ0) is 20.6. The van der Waals surface area contributed by atoms with Crippen molar-refractivity contribution in [1.82, 2.24) is 0 Å². The summed E-state index contributed by atoms with van der Waals surface area (Å²) in [7, 11) is 2.20. The Hall–Kier alpha value is -2.15. The van der Waals surface area contributed by atoms with Crippen molar-refractivity contribution >= 4 is 10.8 Å². The average molecular weight is 375 g/mol. The number of pyridine rings is 1. The van der Waals surface area contributed by atoms with Crippen LogP contribution in [0.2, 0.25) is 0 Å². The second kappa shape index (κ2) is 8.07. The van der Waals surface area contributed by atoms with E-state index in [2.05, 4.69) is 103 Å². The molecule has 0 saturated carbocycles. The first-order valence-electron chi connectivity index (χ1n) is 10.8. The van der Waals surface area contributed by atoms with E-state index >= 15 is 0 Å². The summed E-state index contributed by atoms with van der Waals surface area (Å²) in [5.74, 6) is 1.87. The maximum Gasteiger partial charge on any atom is 0.220 e. The predicted octanol–water partition coefficient (Wildman–Crippen LogP) is 6.91. The van der Waals surface area contributed by atoms with Crippen LogP contribution in [-0.4, -0.2) is 0 Å². The number of hydrogen-bond acceptors (Lipinski definition) is 0. The van der Waals surface area contributed by atoms with Crippen LogP contribution >= 0.6 is 0 Å². The Morgan fingerprint density at radius 1 is 0.857 bits per heavy atom. The fourth-order valence-corrected chi connectivity index (χ4v) is 4.81. The topological polar surface area (TPSA) is 3.88 Å². The number of fused-ring (bicyclic) bond motifs is 1. The molecule has 1 aromatic heterocycles. The largest absolute Gasteiger partial charge is 0.220 e. The van der Waals surface area contributed by atoms with Crippen LogP contribution in [0.1, 0.15) is 62.9 Å². The molecular weight excluding hydrogens is 338 g/mol. The van der Waals surface area contributed by atoms with Crippen LogP contribution in [0.5, 0.6) is 0 Å². The van der Waals surface area contributed by atoms with Gasteiger partial charge in [0.2, 0.25) is 5.69 Å². The van der Waals surface area contributed by atoms with Gasteiger partial charge in [0.25, 0.3) is 0 Å². The highest BCUT2D eigenvalue weighted by Crippen LogP contribution is 2.36. The van der Waals surface area contributed by atoms with Crippen LogP contribution in [0.3, 0.4) is 0 Å². The van der Waals surface area contributed by atoms with E-state index in [9.17, 15) is 0 Å². The molecule has 0 radical (unpaired) electrons. The van der Waals surface area contributed by atoms with Crippen molar-refractivity contribution in [1.29, 1.82) is 0 Å². The number of rotatable bonds is 5. The number of aromatic nitrogens is 1. The van der Waals surface area contributed by atoms with Gasteiger partial charge in [-0.3, -0.25) is 0 Å². The monoisotopic (exact) mass is 374 g/mol. The second-order valence-corrected chi connectivity index (χ2v) is 9.06. The Labute approximate surface area is 171 Å². The number of nitrogens with zero attached hydrogens (tertiary/aromatic N) is 1. The lowest BCUT2D eigenvalue weighted by Crippen LogP contribution is -2.35. The third-order valence-electron chi connectivity index (χ3n) is 6.35. The average Bonchev–Trinajstić information content (AvgIpc) is 2.63. The Kier molecular flexibility index (Phi) is 5.93. The van der Waals surface area contributed by atoms with E-state index in [0.29, 0.717) is 17.8 Å². The van der Waals surface area contributed by atoms with Crippen LogP contribution in [0.25, 0.3) is 22.0 Å². The first-order chi connectivity index (χ1) is 13.2. The maximum atomic E-state index is 2.44. The van der Waals surface area contributed by atoms with Crippen molar-refractivity contribution < 1.29 is 4.57 Å². The van der Waals surface area contributed by atoms with E-state index in [-0.39, 0.29) is 0 Å². The van der Waals surface area contributed by atoms with E-state index in [0.717, 1.165) is 6.42 Å². The molecule has 0 spiro atoms. The summed E-state index contributed by atoms with van der Waals surface area (Å²) >= 11 is 0. The van der Waals surface area contributed by atoms with Gasteiger partial charge >= 0.3 is 0 Å². The first kappa shape index (κ1) is 20.6. The van der Waals surface area contributed by atoms with Crippen LogP contribution in [0.4, 0.5) is 0 Å². The summed E-state index contributed by atoms with van der Waals surface area (Å²) in [6, 6.07) is 16.4. The summed E-state index contributed by atoms with van der Waals surface area (Å²) in [5, 5.41) is 2.70. The first-order valence-corrected chi connectivity index (χ1v) is 10.8. The molecule has 2 aromatic carbocycles. The summed E-state index contributed by atoms with van der Waals surface area (Å²) in [4.78, 5) is 0. The van der Waals surface area contributed by atoms with E-state index in [1.54, 1.807) is 0 Å². The maximum absolute atomic E-state index is 2.44. The number of benzene rings is 2. The Morgan fingerprint density at radius 2 is 1.54 bits per heavy atom. The minimum absolute atomic E-state index is 0.590. The molecule has 28 heavy (non-hydrogen) atoms. The van der Waals surface area contributed by atoms with Gasteiger partial charge in [0.1, 0.15) is 7.05 Å². The molecule has 0 aliphatic heterocycles. The summed E-state index contributed by atoms with van der Waals surface area (Å²) < 4.78 is 2.35. The highest BCUT2D eigenvalue weighted by atomic mass is 14.9. The van der Waals surface area contributed by atoms with E-state index in [4.69, 9.17) is 0 Å². The Morgan fingerprint density at radius 3 is 2.14 bits per heavy atom. The third-order valence-corrected chi connectivity index (χ3v) is 6.35. The summed E-state index contributed by atoms with van der Waals surface area (Å²) in [6.07, 6.45) is 1.06. The molecule has 0 N–H and O–H groups in total. The fraction of sp³-hybridized carbons (Fsp3) is 0.444. The van der Waals surface area contributed by atoms with Crippen molar-refractivity contribution in [2.45, 2.75) is 60.8 Å². The lowest BCUT2D eigenvalue weighted by molar-refractivity contribution is -0.665. The van der Waals surface area contributed by atoms with Gasteiger partial charge in [0, 0.05) is 18.6 Å².